The number of nitrogen functional groups attached to an aromatic ring is 1. The van der Waals surface area contributed by atoms with Crippen LogP contribution in [0.5, 0.6) is 0 Å². The van der Waals surface area contributed by atoms with Crippen LogP contribution >= 0.6 is 0 Å². The third-order valence-electron chi connectivity index (χ3n) is 3.07. The zero-order valence-electron chi connectivity index (χ0n) is 11.2. The second-order valence-corrected chi connectivity index (χ2v) is 4.47. The van der Waals surface area contributed by atoms with Crippen LogP contribution in [0.1, 0.15) is 15.9 Å². The van der Waals surface area contributed by atoms with Crippen molar-refractivity contribution in [1.82, 2.24) is 0 Å². The molecule has 0 atom stereocenters. The van der Waals surface area contributed by atoms with Crippen LogP contribution in [0.4, 0.5) is 24.5 Å². The lowest BCUT2D eigenvalue weighted by Crippen LogP contribution is -2.29. The van der Waals surface area contributed by atoms with E-state index in [4.69, 9.17) is 5.73 Å². The Labute approximate surface area is 119 Å². The first-order valence-electron chi connectivity index (χ1n) is 6.11. The third-order valence-corrected chi connectivity index (χ3v) is 3.07. The third kappa shape index (κ3) is 2.99. The van der Waals surface area contributed by atoms with Crippen LogP contribution in [-0.2, 0) is 6.18 Å². The number of benzene rings is 2. The van der Waals surface area contributed by atoms with Gasteiger partial charge in [-0.25, -0.2) is 0 Å². The number of hydrogen-bond acceptors (Lipinski definition) is 2. The van der Waals surface area contributed by atoms with E-state index in [0.29, 0.717) is 11.4 Å². The van der Waals surface area contributed by atoms with Gasteiger partial charge in [0.15, 0.2) is 0 Å². The minimum atomic E-state index is -4.59. The van der Waals surface area contributed by atoms with E-state index in [1.54, 1.807) is 24.3 Å². The molecule has 0 aliphatic rings. The highest BCUT2D eigenvalue weighted by molar-refractivity contribution is 6.08. The highest BCUT2D eigenvalue weighted by Gasteiger charge is 2.35. The van der Waals surface area contributed by atoms with Crippen molar-refractivity contribution in [3.63, 3.8) is 0 Å². The van der Waals surface area contributed by atoms with Crippen molar-refractivity contribution in [2.45, 2.75) is 6.18 Å². The fourth-order valence-corrected chi connectivity index (χ4v) is 2.00. The molecular weight excluding hydrogens is 281 g/mol. The molecular formula is C15H13F3N2O. The van der Waals surface area contributed by atoms with Gasteiger partial charge in [0.25, 0.3) is 5.91 Å². The van der Waals surface area contributed by atoms with E-state index >= 15 is 0 Å². The Balaban J connectivity index is 2.44. The van der Waals surface area contributed by atoms with Gasteiger partial charge >= 0.3 is 6.18 Å². The lowest BCUT2D eigenvalue weighted by molar-refractivity contribution is -0.137. The predicted octanol–water partition coefficient (Wildman–Crippen LogP) is 3.56. The molecule has 2 aromatic carbocycles. The average molecular weight is 294 g/mol. The quantitative estimate of drug-likeness (QED) is 0.861. The Morgan fingerprint density at radius 1 is 1.05 bits per heavy atom. The van der Waals surface area contributed by atoms with Crippen LogP contribution in [0.3, 0.4) is 0 Å². The highest BCUT2D eigenvalue weighted by Crippen LogP contribution is 2.33. The minimum Gasteiger partial charge on any atom is -0.397 e. The van der Waals surface area contributed by atoms with E-state index in [-0.39, 0.29) is 0 Å². The van der Waals surface area contributed by atoms with Crippen LogP contribution < -0.4 is 10.6 Å². The second kappa shape index (κ2) is 5.47. The molecule has 0 fully saturated rings. The Morgan fingerprint density at radius 3 is 2.24 bits per heavy atom. The first-order valence-corrected chi connectivity index (χ1v) is 6.11. The smallest absolute Gasteiger partial charge is 0.397 e. The molecule has 0 heterocycles. The van der Waals surface area contributed by atoms with Gasteiger partial charge in [0.1, 0.15) is 0 Å². The predicted molar refractivity (Wildman–Crippen MR) is 75.0 cm³/mol. The number of nitrogens with zero attached hydrogens (tertiary/aromatic N) is 1. The van der Waals surface area contributed by atoms with Crippen molar-refractivity contribution in [2.75, 3.05) is 17.7 Å². The molecule has 6 heteroatoms. The van der Waals surface area contributed by atoms with Gasteiger partial charge in [-0.05, 0) is 24.3 Å². The number of carbonyl (C=O) groups excluding carboxylic acids is 1. The molecule has 0 saturated carbocycles. The first kappa shape index (κ1) is 14.9. The first-order chi connectivity index (χ1) is 9.82. The van der Waals surface area contributed by atoms with E-state index in [0.717, 1.165) is 17.0 Å². The van der Waals surface area contributed by atoms with E-state index < -0.39 is 23.2 Å². The van der Waals surface area contributed by atoms with Gasteiger partial charge in [-0.3, -0.25) is 4.79 Å². The molecule has 2 aromatic rings. The molecule has 0 spiro atoms. The number of nitrogens with two attached hydrogens (primary N) is 1. The number of halogens is 3. The minimum absolute atomic E-state index is 0.317. The number of carbonyl (C=O) groups is 1. The van der Waals surface area contributed by atoms with Crippen molar-refractivity contribution >= 4 is 17.3 Å². The number of amides is 1. The van der Waals surface area contributed by atoms with Gasteiger partial charge in [0.2, 0.25) is 0 Å². The van der Waals surface area contributed by atoms with E-state index in [9.17, 15) is 18.0 Å². The van der Waals surface area contributed by atoms with Gasteiger partial charge in [0.05, 0.1) is 22.5 Å². The molecule has 0 aliphatic heterocycles. The van der Waals surface area contributed by atoms with Crippen LogP contribution in [0.2, 0.25) is 0 Å². The number of hydrogen-bond donors (Lipinski definition) is 1. The molecule has 0 radical (unpaired) electrons. The van der Waals surface area contributed by atoms with Crippen LogP contribution in [-0.4, -0.2) is 13.0 Å². The molecule has 2 N–H and O–H groups in total. The standard InChI is InChI=1S/C15H13F3N2O/c1-20(13-9-5-4-8-12(13)19)14(21)10-6-2-3-7-11(10)15(16,17)18/h2-9H,19H2,1H3. The van der Waals surface area contributed by atoms with Crippen molar-refractivity contribution in [3.8, 4) is 0 Å². The highest BCUT2D eigenvalue weighted by atomic mass is 19.4. The summed E-state index contributed by atoms with van der Waals surface area (Å²) in [6.45, 7) is 0. The molecule has 2 rings (SSSR count). The zero-order valence-corrected chi connectivity index (χ0v) is 11.2. The van der Waals surface area contributed by atoms with Gasteiger partial charge in [-0.2, -0.15) is 13.2 Å². The summed E-state index contributed by atoms with van der Waals surface area (Å²) in [6, 6.07) is 11.2. The number of alkyl halides is 3. The Morgan fingerprint density at radius 2 is 1.62 bits per heavy atom. The van der Waals surface area contributed by atoms with Gasteiger partial charge < -0.3 is 10.6 Å². The summed E-state index contributed by atoms with van der Waals surface area (Å²) >= 11 is 0. The summed E-state index contributed by atoms with van der Waals surface area (Å²) in [7, 11) is 1.39. The molecule has 110 valence electrons. The van der Waals surface area contributed by atoms with Gasteiger partial charge in [-0.15, -0.1) is 0 Å². The zero-order chi connectivity index (χ0) is 15.6. The molecule has 0 saturated heterocycles. The SMILES string of the molecule is CN(C(=O)c1ccccc1C(F)(F)F)c1ccccc1N. The molecule has 0 unspecified atom stereocenters. The molecule has 1 amide bonds. The second-order valence-electron chi connectivity index (χ2n) is 4.47. The Bertz CT molecular complexity index is 668. The summed E-state index contributed by atoms with van der Waals surface area (Å²) < 4.78 is 38.9. The van der Waals surface area contributed by atoms with Crippen molar-refractivity contribution in [2.24, 2.45) is 0 Å². The van der Waals surface area contributed by atoms with Crippen LogP contribution in [0.25, 0.3) is 0 Å². The van der Waals surface area contributed by atoms with Crippen molar-refractivity contribution in [3.05, 3.63) is 59.7 Å². The van der Waals surface area contributed by atoms with Gasteiger partial charge in [0, 0.05) is 7.05 Å². The summed E-state index contributed by atoms with van der Waals surface area (Å²) in [4.78, 5) is 13.4. The molecule has 3 nitrogen and oxygen atoms in total. The average Bonchev–Trinajstić information content (AvgIpc) is 2.45. The maximum Gasteiger partial charge on any atom is 0.417 e. The summed E-state index contributed by atoms with van der Waals surface area (Å²) in [5.41, 5.74) is 5.05. The maximum atomic E-state index is 13.0. The van der Waals surface area contributed by atoms with Crippen LogP contribution in [0, 0.1) is 0 Å². The molecule has 21 heavy (non-hydrogen) atoms. The normalized spacial score (nSPS) is 11.2. The molecule has 0 aromatic heterocycles. The number of rotatable bonds is 2. The number of anilines is 2. The van der Waals surface area contributed by atoms with E-state index in [2.05, 4.69) is 0 Å². The fraction of sp³-hybridized carbons (Fsp3) is 0.133. The maximum absolute atomic E-state index is 13.0. The van der Waals surface area contributed by atoms with Crippen LogP contribution in [0.15, 0.2) is 48.5 Å². The summed E-state index contributed by atoms with van der Waals surface area (Å²) in [5.74, 6) is -0.763. The fourth-order valence-electron chi connectivity index (χ4n) is 2.00. The lowest BCUT2D eigenvalue weighted by Gasteiger charge is -2.21. The van der Waals surface area contributed by atoms with E-state index in [1.807, 2.05) is 0 Å². The molecule has 0 aliphatic carbocycles. The molecule has 0 bridgehead atoms. The van der Waals surface area contributed by atoms with E-state index in [1.165, 1.54) is 19.2 Å². The Hall–Kier alpha value is -2.50. The lowest BCUT2D eigenvalue weighted by atomic mass is 10.1. The van der Waals surface area contributed by atoms with Crippen molar-refractivity contribution < 1.29 is 18.0 Å². The topological polar surface area (TPSA) is 46.3 Å². The van der Waals surface area contributed by atoms with Gasteiger partial charge in [-0.1, -0.05) is 24.3 Å². The number of para-hydroxylation sites is 2. The summed E-state index contributed by atoms with van der Waals surface area (Å²) in [6.07, 6.45) is -4.59. The Kier molecular flexibility index (Phi) is 3.88. The monoisotopic (exact) mass is 294 g/mol. The van der Waals surface area contributed by atoms with Crippen molar-refractivity contribution in [1.29, 1.82) is 0 Å². The summed E-state index contributed by atoms with van der Waals surface area (Å²) in [5, 5.41) is 0. The largest absolute Gasteiger partial charge is 0.417 e.